The predicted molar refractivity (Wildman–Crippen MR) is 144 cm³/mol. The van der Waals surface area contributed by atoms with E-state index in [0.717, 1.165) is 36.0 Å². The average Bonchev–Trinajstić information content (AvgIpc) is 3.42. The van der Waals surface area contributed by atoms with E-state index in [0.29, 0.717) is 18.8 Å². The van der Waals surface area contributed by atoms with Crippen LogP contribution in [0.5, 0.6) is 0 Å². The Kier molecular flexibility index (Phi) is 7.62. The second-order valence-electron chi connectivity index (χ2n) is 9.48. The normalized spacial score (nSPS) is 14.8. The molecule has 3 heterocycles. The third-order valence-corrected chi connectivity index (χ3v) is 6.65. The minimum Gasteiger partial charge on any atom is -0.308 e. The van der Waals surface area contributed by atoms with Crippen molar-refractivity contribution >= 4 is 17.4 Å². The highest BCUT2D eigenvalue weighted by Crippen LogP contribution is 2.34. The number of aromatic nitrogens is 3. The number of nitrogens with zero attached hydrogens (tertiary/aromatic N) is 5. The number of carbonyl (C=O) groups excluding carboxylic acids is 1. The number of pyridine rings is 1. The molecule has 4 aromatic rings. The lowest BCUT2D eigenvalue weighted by atomic mass is 10.0. The number of alkyl halides is 3. The fourth-order valence-electron chi connectivity index (χ4n) is 4.45. The highest BCUT2D eigenvalue weighted by Gasteiger charge is 2.34. The molecule has 1 aliphatic rings. The van der Waals surface area contributed by atoms with Gasteiger partial charge in [-0.05, 0) is 54.6 Å². The Morgan fingerprint density at radius 1 is 0.897 bits per heavy atom. The molecule has 1 fully saturated rings. The number of carbonyl (C=O) groups is 1. The summed E-state index contributed by atoms with van der Waals surface area (Å²) in [5, 5.41) is 9.56. The van der Waals surface area contributed by atoms with Crippen molar-refractivity contribution in [2.75, 3.05) is 43.9 Å². The van der Waals surface area contributed by atoms with E-state index in [1.165, 1.54) is 12.1 Å². The van der Waals surface area contributed by atoms with Gasteiger partial charge in [0.25, 0.3) is 0 Å². The number of benzene rings is 2. The molecule has 0 radical (unpaired) electrons. The fraction of sp³-hybridized carbons (Fsp3) is 0.250. The number of piperazine rings is 1. The number of rotatable bonds is 6. The molecule has 0 aliphatic carbocycles. The van der Waals surface area contributed by atoms with Gasteiger partial charge in [0, 0.05) is 68.3 Å². The van der Waals surface area contributed by atoms with Gasteiger partial charge in [0.05, 0.1) is 17.4 Å². The van der Waals surface area contributed by atoms with Crippen molar-refractivity contribution in [1.29, 1.82) is 0 Å². The van der Waals surface area contributed by atoms with Crippen LogP contribution in [0.25, 0.3) is 16.8 Å². The van der Waals surface area contributed by atoms with Crippen LogP contribution in [0.3, 0.4) is 0 Å². The Balaban J connectivity index is 1.22. The first-order valence-corrected chi connectivity index (χ1v) is 12.5. The van der Waals surface area contributed by atoms with Crippen LogP contribution in [0.2, 0.25) is 0 Å². The molecule has 5 rings (SSSR count). The molecule has 0 unspecified atom stereocenters. The Bertz CT molecular complexity index is 1410. The molecule has 8 nitrogen and oxygen atoms in total. The molecule has 0 atom stereocenters. The lowest BCUT2D eigenvalue weighted by Gasteiger charge is -2.33. The molecule has 2 aromatic carbocycles. The first-order valence-electron chi connectivity index (χ1n) is 12.5. The smallest absolute Gasteiger partial charge is 0.308 e. The van der Waals surface area contributed by atoms with Gasteiger partial charge in [-0.25, -0.2) is 9.48 Å². The highest BCUT2D eigenvalue weighted by atomic mass is 19.4. The van der Waals surface area contributed by atoms with E-state index in [-0.39, 0.29) is 17.8 Å². The summed E-state index contributed by atoms with van der Waals surface area (Å²) >= 11 is 0. The molecule has 11 heteroatoms. The van der Waals surface area contributed by atoms with Gasteiger partial charge in [-0.15, -0.1) is 0 Å². The number of urea groups is 1. The van der Waals surface area contributed by atoms with Crippen LogP contribution in [0, 0.1) is 0 Å². The fourth-order valence-corrected chi connectivity index (χ4v) is 4.45. The maximum absolute atomic E-state index is 13.8. The molecule has 0 spiro atoms. The number of nitrogens with one attached hydrogen (secondary N) is 2. The first-order chi connectivity index (χ1) is 18.7. The van der Waals surface area contributed by atoms with Crippen LogP contribution >= 0.6 is 0 Å². The number of anilines is 2. The van der Waals surface area contributed by atoms with Gasteiger partial charge in [-0.1, -0.05) is 18.2 Å². The second-order valence-corrected chi connectivity index (χ2v) is 9.48. The quantitative estimate of drug-likeness (QED) is 0.348. The van der Waals surface area contributed by atoms with E-state index in [1.54, 1.807) is 35.4 Å². The summed E-state index contributed by atoms with van der Waals surface area (Å²) in [5.41, 5.74) is 2.69. The van der Waals surface area contributed by atoms with E-state index >= 15 is 0 Å². The van der Waals surface area contributed by atoms with Gasteiger partial charge in [0.1, 0.15) is 0 Å². The minimum absolute atomic E-state index is 0.0714. The van der Waals surface area contributed by atoms with E-state index in [4.69, 9.17) is 0 Å². The van der Waals surface area contributed by atoms with Gasteiger partial charge < -0.3 is 15.5 Å². The van der Waals surface area contributed by atoms with Crippen molar-refractivity contribution in [3.63, 3.8) is 0 Å². The Morgan fingerprint density at radius 3 is 2.26 bits per heavy atom. The summed E-state index contributed by atoms with van der Waals surface area (Å²) in [6.45, 7) is 3.27. The van der Waals surface area contributed by atoms with E-state index in [9.17, 15) is 18.0 Å². The Labute approximate surface area is 224 Å². The summed E-state index contributed by atoms with van der Waals surface area (Å²) in [5.74, 6) is 0. The van der Waals surface area contributed by atoms with Gasteiger partial charge >= 0.3 is 12.2 Å². The zero-order valence-corrected chi connectivity index (χ0v) is 21.3. The summed E-state index contributed by atoms with van der Waals surface area (Å²) in [6, 6.07) is 14.1. The standard InChI is InChI=1S/C28H28F3N7O/c1-36-12-14-37(15-13-36)18-21-4-7-24(16-26(21)28(29,30)31)35-27(39)34-23-5-2-20(3-6-23)22-17-33-38(19-22)25-8-10-32-11-9-25/h2-11,16-17,19H,12-15,18H2,1H3,(H2,34,35,39). The van der Waals surface area contributed by atoms with Crippen LogP contribution in [-0.2, 0) is 12.7 Å². The molecule has 2 N–H and O–H groups in total. The molecule has 1 saturated heterocycles. The molecule has 2 amide bonds. The maximum atomic E-state index is 13.8. The predicted octanol–water partition coefficient (Wildman–Crippen LogP) is 5.34. The van der Waals surface area contributed by atoms with Crippen molar-refractivity contribution < 1.29 is 18.0 Å². The number of halogens is 3. The third kappa shape index (κ3) is 6.62. The Hall–Kier alpha value is -4.22. The van der Waals surface area contributed by atoms with Crippen LogP contribution in [0.15, 0.2) is 79.4 Å². The molecule has 1 aliphatic heterocycles. The third-order valence-electron chi connectivity index (χ3n) is 6.65. The first kappa shape index (κ1) is 26.4. The summed E-state index contributed by atoms with van der Waals surface area (Å²) < 4.78 is 43.3. The van der Waals surface area contributed by atoms with Crippen LogP contribution < -0.4 is 10.6 Å². The summed E-state index contributed by atoms with van der Waals surface area (Å²) in [4.78, 5) is 20.7. The lowest BCUT2D eigenvalue weighted by molar-refractivity contribution is -0.138. The maximum Gasteiger partial charge on any atom is 0.416 e. The molecule has 0 bridgehead atoms. The minimum atomic E-state index is -4.53. The topological polar surface area (TPSA) is 78.3 Å². The largest absolute Gasteiger partial charge is 0.416 e. The molecule has 2 aromatic heterocycles. The van der Waals surface area contributed by atoms with Crippen LogP contribution in [0.1, 0.15) is 11.1 Å². The second kappa shape index (κ2) is 11.3. The average molecular weight is 536 g/mol. The number of amides is 2. The van der Waals surface area contributed by atoms with Gasteiger partial charge in [0.15, 0.2) is 0 Å². The molecular weight excluding hydrogens is 507 g/mol. The summed E-state index contributed by atoms with van der Waals surface area (Å²) in [7, 11) is 2.00. The highest BCUT2D eigenvalue weighted by molar-refractivity contribution is 6.00. The van der Waals surface area contributed by atoms with Crippen molar-refractivity contribution in [2.45, 2.75) is 12.7 Å². The number of hydrogen-bond acceptors (Lipinski definition) is 5. The number of likely N-dealkylation sites (N-methyl/N-ethyl adjacent to an activating group) is 1. The van der Waals surface area contributed by atoms with Gasteiger partial charge in [0.2, 0.25) is 0 Å². The van der Waals surface area contributed by atoms with E-state index < -0.39 is 17.8 Å². The number of hydrogen-bond donors (Lipinski definition) is 2. The van der Waals surface area contributed by atoms with Crippen LogP contribution in [0.4, 0.5) is 29.3 Å². The van der Waals surface area contributed by atoms with Crippen molar-refractivity contribution in [3.05, 3.63) is 90.5 Å². The zero-order chi connectivity index (χ0) is 27.4. The zero-order valence-electron chi connectivity index (χ0n) is 21.3. The molecule has 202 valence electrons. The Morgan fingerprint density at radius 2 is 1.56 bits per heavy atom. The monoisotopic (exact) mass is 535 g/mol. The van der Waals surface area contributed by atoms with Gasteiger partial charge in [-0.2, -0.15) is 18.3 Å². The van der Waals surface area contributed by atoms with E-state index in [2.05, 4.69) is 25.6 Å². The molecule has 39 heavy (non-hydrogen) atoms. The SMILES string of the molecule is CN1CCN(Cc2ccc(NC(=O)Nc3ccc(-c4cnn(-c5ccncc5)c4)cc3)cc2C(F)(F)F)CC1. The molecule has 0 saturated carbocycles. The van der Waals surface area contributed by atoms with E-state index in [1.807, 2.05) is 42.4 Å². The molecular formula is C28H28F3N7O. The lowest BCUT2D eigenvalue weighted by Crippen LogP contribution is -2.44. The van der Waals surface area contributed by atoms with Gasteiger partial charge in [-0.3, -0.25) is 9.88 Å². The van der Waals surface area contributed by atoms with Crippen molar-refractivity contribution in [3.8, 4) is 16.8 Å². The van der Waals surface area contributed by atoms with Crippen LogP contribution in [-0.4, -0.2) is 63.8 Å². The van der Waals surface area contributed by atoms with Crippen molar-refractivity contribution in [2.24, 2.45) is 0 Å². The summed E-state index contributed by atoms with van der Waals surface area (Å²) in [6.07, 6.45) is 2.47. The van der Waals surface area contributed by atoms with Crippen molar-refractivity contribution in [1.82, 2.24) is 24.6 Å².